The summed E-state index contributed by atoms with van der Waals surface area (Å²) in [6, 6.07) is 6.82. The van der Waals surface area contributed by atoms with Gasteiger partial charge in [-0.05, 0) is 42.0 Å². The number of nitrogens with zero attached hydrogens (tertiary/aromatic N) is 1. The fourth-order valence-corrected chi connectivity index (χ4v) is 2.99. The van der Waals surface area contributed by atoms with Crippen molar-refractivity contribution >= 4 is 23.3 Å². The summed E-state index contributed by atoms with van der Waals surface area (Å²) in [4.78, 5) is 13.9. The van der Waals surface area contributed by atoms with Gasteiger partial charge in [-0.3, -0.25) is 0 Å². The predicted octanol–water partition coefficient (Wildman–Crippen LogP) is 3.60. The molecule has 0 spiro atoms. The highest BCUT2D eigenvalue weighted by Crippen LogP contribution is 2.34. The number of amides is 2. The molecule has 1 saturated heterocycles. The highest BCUT2D eigenvalue weighted by molar-refractivity contribution is 6.30. The van der Waals surface area contributed by atoms with Crippen molar-refractivity contribution in [1.29, 1.82) is 0 Å². The van der Waals surface area contributed by atoms with E-state index in [4.69, 9.17) is 11.6 Å². The van der Waals surface area contributed by atoms with Gasteiger partial charge >= 0.3 is 6.03 Å². The second-order valence-corrected chi connectivity index (χ2v) is 7.15. The lowest BCUT2D eigenvalue weighted by Crippen LogP contribution is -2.51. The molecular weight excluding hydrogens is 288 g/mol. The first-order chi connectivity index (χ1) is 9.77. The van der Waals surface area contributed by atoms with Crippen molar-refractivity contribution in [2.24, 2.45) is 11.3 Å². The van der Waals surface area contributed by atoms with Gasteiger partial charge in [0.15, 0.2) is 0 Å². The maximum atomic E-state index is 12.2. The van der Waals surface area contributed by atoms with Crippen molar-refractivity contribution in [3.05, 3.63) is 29.3 Å². The summed E-state index contributed by atoms with van der Waals surface area (Å²) in [5.41, 5.74) is 0.759. The van der Waals surface area contributed by atoms with Gasteiger partial charge in [-0.2, -0.15) is 0 Å². The van der Waals surface area contributed by atoms with Crippen LogP contribution in [-0.4, -0.2) is 35.2 Å². The van der Waals surface area contributed by atoms with Crippen LogP contribution in [0, 0.1) is 11.3 Å². The Morgan fingerprint density at radius 1 is 1.33 bits per heavy atom. The van der Waals surface area contributed by atoms with Crippen LogP contribution in [0.4, 0.5) is 10.5 Å². The number of benzene rings is 1. The van der Waals surface area contributed by atoms with Crippen molar-refractivity contribution in [3.63, 3.8) is 0 Å². The van der Waals surface area contributed by atoms with Crippen LogP contribution in [0.2, 0.25) is 5.02 Å². The van der Waals surface area contributed by atoms with Crippen LogP contribution < -0.4 is 5.32 Å². The van der Waals surface area contributed by atoms with Gasteiger partial charge in [0, 0.05) is 23.8 Å². The molecule has 2 atom stereocenters. The van der Waals surface area contributed by atoms with Gasteiger partial charge in [-0.1, -0.05) is 32.4 Å². The summed E-state index contributed by atoms with van der Waals surface area (Å²) in [6.45, 7) is 7.43. The topological polar surface area (TPSA) is 52.6 Å². The number of likely N-dealkylation sites (tertiary alicyclic amines) is 1. The summed E-state index contributed by atoms with van der Waals surface area (Å²) in [7, 11) is 0. The molecule has 0 aliphatic carbocycles. The lowest BCUT2D eigenvalue weighted by atomic mass is 9.74. The first-order valence-electron chi connectivity index (χ1n) is 7.27. The van der Waals surface area contributed by atoms with E-state index in [-0.39, 0.29) is 17.4 Å². The Morgan fingerprint density at radius 2 is 1.95 bits per heavy atom. The number of urea groups is 1. The average molecular weight is 311 g/mol. The number of nitrogens with one attached hydrogen (secondary N) is 1. The normalized spacial score (nSPS) is 23.0. The lowest BCUT2D eigenvalue weighted by molar-refractivity contribution is -0.0107. The van der Waals surface area contributed by atoms with Crippen molar-refractivity contribution in [1.82, 2.24) is 4.90 Å². The molecule has 1 aliphatic rings. The third kappa shape index (κ3) is 4.11. The fourth-order valence-electron chi connectivity index (χ4n) is 2.86. The van der Waals surface area contributed by atoms with Gasteiger partial charge in [0.05, 0.1) is 6.10 Å². The Balaban J connectivity index is 1.94. The second kappa shape index (κ2) is 6.24. The van der Waals surface area contributed by atoms with Gasteiger partial charge < -0.3 is 15.3 Å². The molecule has 21 heavy (non-hydrogen) atoms. The zero-order chi connectivity index (χ0) is 15.6. The van der Waals surface area contributed by atoms with E-state index in [1.807, 2.05) is 0 Å². The monoisotopic (exact) mass is 310 g/mol. The van der Waals surface area contributed by atoms with Gasteiger partial charge in [0.2, 0.25) is 0 Å². The van der Waals surface area contributed by atoms with Gasteiger partial charge in [-0.15, -0.1) is 0 Å². The molecule has 1 aliphatic heterocycles. The third-order valence-electron chi connectivity index (χ3n) is 4.08. The number of carbonyl (C=O) groups is 1. The molecule has 0 bridgehead atoms. The number of carbonyl (C=O) groups excluding carboxylic acids is 1. The molecule has 0 unspecified atom stereocenters. The number of β-amino-alcohol motifs (C(OH)–C–C–N with tert-alkyl or cyclic N) is 1. The Kier molecular flexibility index (Phi) is 4.79. The molecule has 1 aromatic carbocycles. The minimum atomic E-state index is -0.477. The molecule has 4 nitrogen and oxygen atoms in total. The zero-order valence-electron chi connectivity index (χ0n) is 12.8. The summed E-state index contributed by atoms with van der Waals surface area (Å²) in [5, 5.41) is 13.8. The first-order valence-corrected chi connectivity index (χ1v) is 7.65. The van der Waals surface area contributed by atoms with E-state index >= 15 is 0 Å². The van der Waals surface area contributed by atoms with Crippen LogP contribution in [-0.2, 0) is 0 Å². The highest BCUT2D eigenvalue weighted by atomic mass is 35.5. The number of hydrogen-bond acceptors (Lipinski definition) is 2. The minimum absolute atomic E-state index is 0.0537. The van der Waals surface area contributed by atoms with Crippen molar-refractivity contribution < 1.29 is 9.90 Å². The summed E-state index contributed by atoms with van der Waals surface area (Å²) in [5.74, 6) is 0.220. The van der Waals surface area contributed by atoms with Crippen LogP contribution in [0.5, 0.6) is 0 Å². The molecule has 1 aromatic rings. The average Bonchev–Trinajstić information content (AvgIpc) is 2.39. The quantitative estimate of drug-likeness (QED) is 0.832. The van der Waals surface area contributed by atoms with E-state index in [0.29, 0.717) is 23.8 Å². The Bertz CT molecular complexity index is 496. The number of aliphatic hydroxyl groups is 1. The van der Waals surface area contributed by atoms with Gasteiger partial charge in [-0.25, -0.2) is 4.79 Å². The molecule has 2 N–H and O–H groups in total. The minimum Gasteiger partial charge on any atom is -0.391 e. The molecule has 1 heterocycles. The SMILES string of the molecule is CC(C)(C)[C@H]1CCN(C(=O)Nc2ccc(Cl)cc2)C[C@H]1O. The standard InChI is InChI=1S/C16H23ClN2O2/c1-16(2,3)13-8-9-19(10-14(13)20)15(21)18-12-6-4-11(17)5-7-12/h4-7,13-14,20H,8-10H2,1-3H3,(H,18,21)/t13-,14+/m0/s1. The van der Waals surface area contributed by atoms with Crippen LogP contribution >= 0.6 is 11.6 Å². The summed E-state index contributed by atoms with van der Waals surface area (Å²) >= 11 is 5.82. The van der Waals surface area contributed by atoms with Crippen LogP contribution in [0.3, 0.4) is 0 Å². The summed E-state index contributed by atoms with van der Waals surface area (Å²) < 4.78 is 0. The molecule has 2 rings (SSSR count). The van der Waals surface area contributed by atoms with Crippen molar-refractivity contribution in [3.8, 4) is 0 Å². The molecule has 0 saturated carbocycles. The van der Waals surface area contributed by atoms with Crippen LogP contribution in [0.25, 0.3) is 0 Å². The Hall–Kier alpha value is -1.26. The van der Waals surface area contributed by atoms with E-state index in [0.717, 1.165) is 6.42 Å². The van der Waals surface area contributed by atoms with E-state index in [9.17, 15) is 9.90 Å². The molecular formula is C16H23ClN2O2. The van der Waals surface area contributed by atoms with Gasteiger partial charge in [0.25, 0.3) is 0 Å². The third-order valence-corrected chi connectivity index (χ3v) is 4.33. The lowest BCUT2D eigenvalue weighted by Gasteiger charge is -2.42. The van der Waals surface area contributed by atoms with Crippen molar-refractivity contribution in [2.45, 2.75) is 33.3 Å². The first kappa shape index (κ1) is 16.1. The molecule has 116 valence electrons. The van der Waals surface area contributed by atoms with E-state index in [1.54, 1.807) is 29.2 Å². The number of hydrogen-bond donors (Lipinski definition) is 2. The van der Waals surface area contributed by atoms with E-state index < -0.39 is 6.10 Å². The van der Waals surface area contributed by atoms with Crippen LogP contribution in [0.1, 0.15) is 27.2 Å². The smallest absolute Gasteiger partial charge is 0.321 e. The fraction of sp³-hybridized carbons (Fsp3) is 0.562. The number of halogens is 1. The molecule has 0 aromatic heterocycles. The Morgan fingerprint density at radius 3 is 2.48 bits per heavy atom. The molecule has 2 amide bonds. The molecule has 1 fully saturated rings. The largest absolute Gasteiger partial charge is 0.391 e. The summed E-state index contributed by atoms with van der Waals surface area (Å²) in [6.07, 6.45) is 0.341. The highest BCUT2D eigenvalue weighted by Gasteiger charge is 2.36. The number of anilines is 1. The maximum absolute atomic E-state index is 12.2. The van der Waals surface area contributed by atoms with Gasteiger partial charge in [0.1, 0.15) is 0 Å². The molecule has 5 heteroatoms. The Labute approximate surface area is 131 Å². The zero-order valence-corrected chi connectivity index (χ0v) is 13.5. The van der Waals surface area contributed by atoms with Crippen molar-refractivity contribution in [2.75, 3.05) is 18.4 Å². The number of aliphatic hydroxyl groups excluding tert-OH is 1. The molecule has 0 radical (unpaired) electrons. The van der Waals surface area contributed by atoms with E-state index in [2.05, 4.69) is 26.1 Å². The second-order valence-electron chi connectivity index (χ2n) is 6.71. The number of piperidine rings is 1. The maximum Gasteiger partial charge on any atom is 0.321 e. The number of rotatable bonds is 1. The van der Waals surface area contributed by atoms with E-state index in [1.165, 1.54) is 0 Å². The predicted molar refractivity (Wildman–Crippen MR) is 85.6 cm³/mol. The van der Waals surface area contributed by atoms with Crippen LogP contribution in [0.15, 0.2) is 24.3 Å².